The zero-order chi connectivity index (χ0) is 19.3. The zero-order valence-electron chi connectivity index (χ0n) is 15.4. The second-order valence-electron chi connectivity index (χ2n) is 5.88. The van der Waals surface area contributed by atoms with Crippen molar-refractivity contribution in [3.63, 3.8) is 0 Å². The number of allylic oxidation sites excluding steroid dienone is 1. The van der Waals surface area contributed by atoms with Gasteiger partial charge >= 0.3 is 11.9 Å². The molecule has 2 unspecified atom stereocenters. The maximum atomic E-state index is 12.7. The van der Waals surface area contributed by atoms with E-state index in [-0.39, 0.29) is 13.2 Å². The minimum atomic E-state index is -0.785. The first-order valence-electron chi connectivity index (χ1n) is 8.54. The van der Waals surface area contributed by atoms with Crippen LogP contribution in [-0.2, 0) is 19.1 Å². The Morgan fingerprint density at radius 1 is 1.15 bits per heavy atom. The summed E-state index contributed by atoms with van der Waals surface area (Å²) in [6, 6.07) is 9.07. The van der Waals surface area contributed by atoms with E-state index in [0.717, 1.165) is 0 Å². The van der Waals surface area contributed by atoms with Crippen LogP contribution in [0.1, 0.15) is 44.7 Å². The Balaban J connectivity index is 2.70. The van der Waals surface area contributed by atoms with Gasteiger partial charge in [-0.25, -0.2) is 4.79 Å². The number of benzene rings is 1. The van der Waals surface area contributed by atoms with E-state index in [9.17, 15) is 14.9 Å². The summed E-state index contributed by atoms with van der Waals surface area (Å²) in [5, 5.41) is 9.51. The molecule has 1 aromatic rings. The predicted molar refractivity (Wildman–Crippen MR) is 96.5 cm³/mol. The van der Waals surface area contributed by atoms with Crippen molar-refractivity contribution in [1.82, 2.24) is 0 Å². The van der Waals surface area contributed by atoms with Crippen LogP contribution in [-0.4, -0.2) is 30.9 Å². The third kappa shape index (κ3) is 3.67. The van der Waals surface area contributed by atoms with E-state index < -0.39 is 23.8 Å². The summed E-state index contributed by atoms with van der Waals surface area (Å²) in [7, 11) is 0. The molecule has 6 nitrogen and oxygen atoms in total. The van der Waals surface area contributed by atoms with Crippen molar-refractivity contribution in [2.75, 3.05) is 13.2 Å². The van der Waals surface area contributed by atoms with Gasteiger partial charge in [0.2, 0.25) is 0 Å². The summed E-state index contributed by atoms with van der Waals surface area (Å²) in [5.74, 6) is -2.47. The van der Waals surface area contributed by atoms with Crippen LogP contribution in [0.4, 0.5) is 0 Å². The molecule has 0 radical (unpaired) electrons. The molecule has 6 heteroatoms. The molecule has 2 rings (SSSR count). The predicted octanol–water partition coefficient (Wildman–Crippen LogP) is 3.13. The molecule has 0 saturated heterocycles. The topological polar surface area (TPSA) is 88.8 Å². The largest absolute Gasteiger partial charge is 0.465 e. The zero-order valence-corrected chi connectivity index (χ0v) is 15.4. The Morgan fingerprint density at radius 3 is 2.42 bits per heavy atom. The Morgan fingerprint density at radius 2 is 1.81 bits per heavy atom. The minimum Gasteiger partial charge on any atom is -0.465 e. The van der Waals surface area contributed by atoms with E-state index in [0.29, 0.717) is 28.1 Å². The normalized spacial score (nSPS) is 19.4. The van der Waals surface area contributed by atoms with Crippen LogP contribution in [0, 0.1) is 17.2 Å². The molecule has 136 valence electrons. The third-order valence-electron chi connectivity index (χ3n) is 4.28. The Kier molecular flexibility index (Phi) is 6.29. The molecule has 0 aromatic heterocycles. The molecule has 1 aliphatic heterocycles. The van der Waals surface area contributed by atoms with E-state index in [1.54, 1.807) is 52.0 Å². The number of ether oxygens (including phenoxy) is 2. The molecule has 0 N–H and O–H groups in total. The third-order valence-corrected chi connectivity index (χ3v) is 4.28. The first kappa shape index (κ1) is 19.4. The van der Waals surface area contributed by atoms with Gasteiger partial charge in [-0.1, -0.05) is 18.2 Å². The molecule has 2 atom stereocenters. The van der Waals surface area contributed by atoms with Crippen molar-refractivity contribution in [1.29, 1.82) is 5.26 Å². The van der Waals surface area contributed by atoms with Crippen molar-refractivity contribution in [3.8, 4) is 6.07 Å². The van der Waals surface area contributed by atoms with Gasteiger partial charge in [-0.3, -0.25) is 9.79 Å². The highest BCUT2D eigenvalue weighted by atomic mass is 16.5. The van der Waals surface area contributed by atoms with Gasteiger partial charge in [-0.05, 0) is 39.3 Å². The highest BCUT2D eigenvalue weighted by Gasteiger charge is 2.43. The van der Waals surface area contributed by atoms with E-state index in [4.69, 9.17) is 9.47 Å². The number of carbonyl (C=O) groups is 2. The average Bonchev–Trinajstić information content (AvgIpc) is 2.61. The van der Waals surface area contributed by atoms with Crippen LogP contribution in [0.25, 0.3) is 0 Å². The minimum absolute atomic E-state index is 0.203. The molecular weight excluding hydrogens is 332 g/mol. The summed E-state index contributed by atoms with van der Waals surface area (Å²) in [6.45, 7) is 7.29. The van der Waals surface area contributed by atoms with E-state index >= 15 is 0 Å². The maximum absolute atomic E-state index is 12.7. The average molecular weight is 354 g/mol. The van der Waals surface area contributed by atoms with E-state index in [1.165, 1.54) is 0 Å². The molecule has 1 aliphatic rings. The van der Waals surface area contributed by atoms with E-state index in [1.807, 2.05) is 0 Å². The highest BCUT2D eigenvalue weighted by molar-refractivity contribution is 6.07. The SMILES string of the molecule is CCOC(=O)C1=C(C)N=C(C)C(C(=O)OCC)C1c1ccccc1C#N. The van der Waals surface area contributed by atoms with Crippen LogP contribution in [0.3, 0.4) is 0 Å². The van der Waals surface area contributed by atoms with Gasteiger partial charge in [0.25, 0.3) is 0 Å². The van der Waals surface area contributed by atoms with Crippen LogP contribution in [0.2, 0.25) is 0 Å². The Bertz CT molecular complexity index is 817. The fourth-order valence-electron chi connectivity index (χ4n) is 3.25. The van der Waals surface area contributed by atoms with Crippen molar-refractivity contribution < 1.29 is 19.1 Å². The number of carbonyl (C=O) groups excluding carboxylic acids is 2. The van der Waals surface area contributed by atoms with Crippen LogP contribution >= 0.6 is 0 Å². The Labute approximate surface area is 153 Å². The molecule has 0 aliphatic carbocycles. The second kappa shape index (κ2) is 8.43. The number of esters is 2. The number of nitrogens with zero attached hydrogens (tertiary/aromatic N) is 2. The van der Waals surface area contributed by atoms with Crippen molar-refractivity contribution in [3.05, 3.63) is 46.7 Å². The van der Waals surface area contributed by atoms with Gasteiger partial charge in [0, 0.05) is 17.3 Å². The first-order chi connectivity index (χ1) is 12.5. The maximum Gasteiger partial charge on any atom is 0.336 e. The molecule has 26 heavy (non-hydrogen) atoms. The van der Waals surface area contributed by atoms with E-state index in [2.05, 4.69) is 11.1 Å². The van der Waals surface area contributed by atoms with Crippen molar-refractivity contribution in [2.24, 2.45) is 10.9 Å². The molecule has 0 fully saturated rings. The molecule has 0 spiro atoms. The van der Waals surface area contributed by atoms with Crippen LogP contribution in [0.15, 0.2) is 40.5 Å². The van der Waals surface area contributed by atoms with Gasteiger partial charge < -0.3 is 9.47 Å². The summed E-state index contributed by atoms with van der Waals surface area (Å²) in [4.78, 5) is 29.7. The molecular formula is C20H22N2O4. The fraction of sp³-hybridized carbons (Fsp3) is 0.400. The smallest absolute Gasteiger partial charge is 0.336 e. The molecule has 1 heterocycles. The van der Waals surface area contributed by atoms with Crippen molar-refractivity contribution in [2.45, 2.75) is 33.6 Å². The second-order valence-corrected chi connectivity index (χ2v) is 5.88. The molecule has 0 amide bonds. The van der Waals surface area contributed by atoms with Gasteiger partial charge in [0.05, 0.1) is 30.4 Å². The summed E-state index contributed by atoms with van der Waals surface area (Å²) in [6.07, 6.45) is 0. The lowest BCUT2D eigenvalue weighted by atomic mass is 9.74. The summed E-state index contributed by atoms with van der Waals surface area (Å²) in [5.41, 5.74) is 2.31. The number of nitriles is 1. The number of hydrogen-bond donors (Lipinski definition) is 0. The van der Waals surface area contributed by atoms with Gasteiger partial charge in [-0.2, -0.15) is 5.26 Å². The number of rotatable bonds is 5. The quantitative estimate of drug-likeness (QED) is 0.758. The lowest BCUT2D eigenvalue weighted by molar-refractivity contribution is -0.146. The molecule has 0 saturated carbocycles. The standard InChI is InChI=1S/C20H22N2O4/c1-5-25-19(23)16-12(3)22-13(4)17(20(24)26-6-2)18(16)15-10-8-7-9-14(15)11-21/h7-10,16,18H,5-6H2,1-4H3. The fourth-order valence-corrected chi connectivity index (χ4v) is 3.25. The number of hydrogen-bond acceptors (Lipinski definition) is 6. The lowest BCUT2D eigenvalue weighted by Crippen LogP contribution is -2.37. The monoisotopic (exact) mass is 354 g/mol. The van der Waals surface area contributed by atoms with Crippen LogP contribution in [0.5, 0.6) is 0 Å². The summed E-state index contributed by atoms with van der Waals surface area (Å²) < 4.78 is 10.4. The van der Waals surface area contributed by atoms with Gasteiger partial charge in [-0.15, -0.1) is 0 Å². The first-order valence-corrected chi connectivity index (χ1v) is 8.54. The lowest BCUT2D eigenvalue weighted by Gasteiger charge is -2.31. The van der Waals surface area contributed by atoms with Crippen molar-refractivity contribution >= 4 is 17.7 Å². The number of aliphatic imine (C=N–C) groups is 1. The summed E-state index contributed by atoms with van der Waals surface area (Å²) >= 11 is 0. The molecule has 1 aromatic carbocycles. The van der Waals surface area contributed by atoms with Gasteiger partial charge in [0.1, 0.15) is 5.92 Å². The highest BCUT2D eigenvalue weighted by Crippen LogP contribution is 2.41. The van der Waals surface area contributed by atoms with Gasteiger partial charge in [0.15, 0.2) is 0 Å². The molecule has 0 bridgehead atoms. The van der Waals surface area contributed by atoms with Crippen LogP contribution < -0.4 is 0 Å². The Hall–Kier alpha value is -2.94.